The number of ether oxygens (including phenoxy) is 1. The quantitative estimate of drug-likeness (QED) is 0.761. The zero-order chi connectivity index (χ0) is 18.2. The first-order chi connectivity index (χ1) is 11.7. The van der Waals surface area contributed by atoms with Crippen LogP contribution in [0.5, 0.6) is 5.75 Å². The zero-order valence-corrected chi connectivity index (χ0v) is 14.1. The van der Waals surface area contributed by atoms with Crippen LogP contribution in [-0.2, 0) is 16.1 Å². The number of amides is 1. The topological polar surface area (TPSA) is 55.7 Å². The lowest BCUT2D eigenvalue weighted by molar-refractivity contribution is -0.274. The molecule has 0 saturated heterocycles. The summed E-state index contributed by atoms with van der Waals surface area (Å²) in [6.07, 6.45) is -4.35. The molecule has 1 aliphatic heterocycles. The number of hydrogen-bond donors (Lipinski definition) is 0. The third kappa shape index (κ3) is 3.80. The van der Waals surface area contributed by atoms with Gasteiger partial charge in [-0.3, -0.25) is 4.79 Å². The molecule has 0 saturated carbocycles. The van der Waals surface area contributed by atoms with Crippen LogP contribution in [0.4, 0.5) is 13.2 Å². The van der Waals surface area contributed by atoms with Crippen molar-refractivity contribution in [2.24, 2.45) is 4.36 Å². The number of carbonyl (C=O) groups excluding carboxylic acids is 1. The maximum Gasteiger partial charge on any atom is 0.573 e. The number of hydrogen-bond acceptors (Lipinski definition) is 3. The molecule has 0 spiro atoms. The van der Waals surface area contributed by atoms with Gasteiger partial charge in [-0.05, 0) is 36.2 Å². The molecule has 0 bridgehead atoms. The lowest BCUT2D eigenvalue weighted by Crippen LogP contribution is -2.17. The van der Waals surface area contributed by atoms with E-state index in [2.05, 4.69) is 9.10 Å². The monoisotopic (exact) mass is 389 g/mol. The summed E-state index contributed by atoms with van der Waals surface area (Å²) in [5.41, 5.74) is 0.808. The van der Waals surface area contributed by atoms with E-state index in [4.69, 9.17) is 11.6 Å². The maximum atomic E-state index is 12.9. The molecule has 1 amide bonds. The summed E-state index contributed by atoms with van der Waals surface area (Å²) in [5, 5.41) is -0.389. The fourth-order valence-corrected chi connectivity index (χ4v) is 4.87. The second-order valence-corrected chi connectivity index (χ2v) is 8.01. The van der Waals surface area contributed by atoms with Crippen molar-refractivity contribution in [2.45, 2.75) is 17.7 Å². The minimum absolute atomic E-state index is 0.0633. The van der Waals surface area contributed by atoms with Crippen LogP contribution in [-0.4, -0.2) is 22.2 Å². The predicted octanol–water partition coefficient (Wildman–Crippen LogP) is 4.46. The van der Waals surface area contributed by atoms with Crippen LogP contribution in [0.1, 0.15) is 15.9 Å². The van der Waals surface area contributed by atoms with E-state index in [-0.39, 0.29) is 16.3 Å². The fraction of sp³-hybridized carbons (Fsp3) is 0.188. The lowest BCUT2D eigenvalue weighted by atomic mass is 10.2. The van der Waals surface area contributed by atoms with Gasteiger partial charge in [0.15, 0.2) is 0 Å². The van der Waals surface area contributed by atoms with Gasteiger partial charge in [-0.2, -0.15) is 4.36 Å². The van der Waals surface area contributed by atoms with Crippen molar-refractivity contribution < 1.29 is 26.9 Å². The molecule has 25 heavy (non-hydrogen) atoms. The first-order valence-corrected chi connectivity index (χ1v) is 9.16. The van der Waals surface area contributed by atoms with Gasteiger partial charge in [-0.1, -0.05) is 29.8 Å². The number of carbonyl (C=O) groups is 1. The molecule has 4 nitrogen and oxygen atoms in total. The van der Waals surface area contributed by atoms with Gasteiger partial charge in [0.25, 0.3) is 5.91 Å². The lowest BCUT2D eigenvalue weighted by Gasteiger charge is -2.10. The van der Waals surface area contributed by atoms with Gasteiger partial charge in [-0.15, -0.1) is 13.2 Å². The highest BCUT2D eigenvalue weighted by Crippen LogP contribution is 2.32. The summed E-state index contributed by atoms with van der Waals surface area (Å²) in [5.74, 6) is -1.20. The van der Waals surface area contributed by atoms with Gasteiger partial charge in [0.05, 0.1) is 19.6 Å². The number of aryl methyl sites for hydroxylation is 1. The number of alkyl halides is 3. The average Bonchev–Trinajstić information content (AvgIpc) is 2.86. The van der Waals surface area contributed by atoms with Crippen LogP contribution in [0, 0.1) is 0 Å². The molecule has 1 atom stereocenters. The van der Waals surface area contributed by atoms with Crippen LogP contribution in [0.15, 0.2) is 51.7 Å². The molecule has 0 N–H and O–H groups in total. The number of halogens is 4. The first kappa shape index (κ1) is 17.8. The first-order valence-electron chi connectivity index (χ1n) is 7.10. The molecule has 3 rings (SSSR count). The molecule has 1 heterocycles. The van der Waals surface area contributed by atoms with Gasteiger partial charge in [0.2, 0.25) is 0 Å². The van der Waals surface area contributed by atoms with Crippen LogP contribution in [0.25, 0.3) is 0 Å². The Balaban J connectivity index is 1.92. The smallest absolute Gasteiger partial charge is 0.404 e. The number of benzene rings is 2. The van der Waals surface area contributed by atoms with Crippen molar-refractivity contribution in [3.8, 4) is 5.75 Å². The minimum atomic E-state index is -4.89. The Morgan fingerprint density at radius 3 is 2.60 bits per heavy atom. The summed E-state index contributed by atoms with van der Waals surface area (Å²) in [6, 6.07) is 10.0. The molecule has 1 aliphatic rings. The summed E-state index contributed by atoms with van der Waals surface area (Å²) in [7, 11) is -2.89. The van der Waals surface area contributed by atoms with Crippen molar-refractivity contribution in [1.82, 2.24) is 0 Å². The van der Waals surface area contributed by atoms with Crippen molar-refractivity contribution in [1.29, 1.82) is 0 Å². The highest BCUT2D eigenvalue weighted by molar-refractivity contribution is 7.94. The van der Waals surface area contributed by atoms with Crippen LogP contribution in [0.3, 0.4) is 0 Å². The van der Waals surface area contributed by atoms with Gasteiger partial charge in [0.1, 0.15) is 5.75 Å². The molecular weight excluding hydrogens is 379 g/mol. The third-order valence-corrected chi connectivity index (χ3v) is 6.20. The number of fused-ring (bicyclic) bond motifs is 1. The Bertz CT molecular complexity index is 965. The van der Waals surface area contributed by atoms with Gasteiger partial charge in [-0.25, -0.2) is 4.21 Å². The Labute approximate surface area is 146 Å². The van der Waals surface area contributed by atoms with Crippen LogP contribution < -0.4 is 4.74 Å². The van der Waals surface area contributed by atoms with Crippen molar-refractivity contribution in [3.63, 3.8) is 0 Å². The molecule has 0 aromatic heterocycles. The molecule has 9 heteroatoms. The molecule has 132 valence electrons. The summed E-state index contributed by atoms with van der Waals surface area (Å²) in [4.78, 5) is 12.8. The van der Waals surface area contributed by atoms with E-state index in [0.717, 1.165) is 23.8 Å². The summed E-state index contributed by atoms with van der Waals surface area (Å²) >= 11 is 5.72. The van der Waals surface area contributed by atoms with E-state index < -0.39 is 27.7 Å². The molecule has 1 unspecified atom stereocenters. The van der Waals surface area contributed by atoms with E-state index in [9.17, 15) is 22.2 Å². The van der Waals surface area contributed by atoms with Crippen LogP contribution in [0.2, 0.25) is 5.02 Å². The molecule has 0 aliphatic carbocycles. The van der Waals surface area contributed by atoms with Crippen LogP contribution >= 0.6 is 11.6 Å². The normalized spacial score (nSPS) is 19.4. The maximum absolute atomic E-state index is 12.9. The number of rotatable bonds is 2. The Kier molecular flexibility index (Phi) is 4.51. The highest BCUT2D eigenvalue weighted by Gasteiger charge is 2.32. The van der Waals surface area contributed by atoms with Gasteiger partial charge >= 0.3 is 6.36 Å². The molecular formula is C16H11ClF3NO3S. The standard InChI is InChI=1S/C16H11ClF3NO3S/c17-12-9-11(5-6-13(12)24-16(18,19)20)15(22)21-25(23)8-7-10-3-1-2-4-14(10)25/h1-6,9H,7-8H2. The second-order valence-electron chi connectivity index (χ2n) is 5.29. The van der Waals surface area contributed by atoms with Crippen molar-refractivity contribution in [3.05, 3.63) is 58.6 Å². The highest BCUT2D eigenvalue weighted by atomic mass is 35.5. The van der Waals surface area contributed by atoms with E-state index in [1.165, 1.54) is 0 Å². The van der Waals surface area contributed by atoms with E-state index >= 15 is 0 Å². The van der Waals surface area contributed by atoms with E-state index in [1.807, 2.05) is 12.1 Å². The van der Waals surface area contributed by atoms with E-state index in [0.29, 0.717) is 11.3 Å². The van der Waals surface area contributed by atoms with Gasteiger partial charge in [0, 0.05) is 11.3 Å². The van der Waals surface area contributed by atoms with Crippen molar-refractivity contribution in [2.75, 3.05) is 5.75 Å². The summed E-state index contributed by atoms with van der Waals surface area (Å²) in [6.45, 7) is 0. The molecule has 2 aromatic carbocycles. The second kappa shape index (κ2) is 6.34. The molecule has 2 aromatic rings. The SMILES string of the molecule is O=C(N=S1(=O)CCc2ccccc21)c1ccc(OC(F)(F)F)c(Cl)c1. The predicted molar refractivity (Wildman–Crippen MR) is 86.3 cm³/mol. The fourth-order valence-electron chi connectivity index (χ4n) is 2.50. The third-order valence-electron chi connectivity index (χ3n) is 3.60. The summed E-state index contributed by atoms with van der Waals surface area (Å²) < 4.78 is 57.2. The molecule has 0 radical (unpaired) electrons. The Hall–Kier alpha value is -2.06. The zero-order valence-electron chi connectivity index (χ0n) is 12.5. The Morgan fingerprint density at radius 1 is 1.20 bits per heavy atom. The molecule has 0 fully saturated rings. The Morgan fingerprint density at radius 2 is 1.92 bits per heavy atom. The number of nitrogens with zero attached hydrogens (tertiary/aromatic N) is 1. The van der Waals surface area contributed by atoms with Gasteiger partial charge < -0.3 is 4.74 Å². The largest absolute Gasteiger partial charge is 0.573 e. The average molecular weight is 390 g/mol. The van der Waals surface area contributed by atoms with E-state index in [1.54, 1.807) is 12.1 Å². The minimum Gasteiger partial charge on any atom is -0.404 e. The van der Waals surface area contributed by atoms with Crippen molar-refractivity contribution >= 4 is 27.2 Å².